The van der Waals surface area contributed by atoms with E-state index in [-0.39, 0.29) is 0 Å². The Balaban J connectivity index is 2.70. The monoisotopic (exact) mass is 199 g/mol. The van der Waals surface area contributed by atoms with Crippen molar-refractivity contribution in [2.24, 2.45) is 0 Å². The summed E-state index contributed by atoms with van der Waals surface area (Å²) in [5, 5.41) is 8.53. The number of rotatable bonds is 3. The Bertz CT molecular complexity index is 407. The van der Waals surface area contributed by atoms with Crippen LogP contribution in [0.1, 0.15) is 12.5 Å². The Hall–Kier alpha value is -2.01. The van der Waals surface area contributed by atoms with Gasteiger partial charge in [0, 0.05) is 5.57 Å². The van der Waals surface area contributed by atoms with Crippen LogP contribution in [-0.4, -0.2) is 7.11 Å². The minimum Gasteiger partial charge on any atom is -0.497 e. The van der Waals surface area contributed by atoms with Gasteiger partial charge in [0.25, 0.3) is 0 Å². The molecular formula is C13H13NO. The van der Waals surface area contributed by atoms with Crippen LogP contribution in [0.2, 0.25) is 0 Å². The van der Waals surface area contributed by atoms with Crippen LogP contribution in [0.5, 0.6) is 5.75 Å². The van der Waals surface area contributed by atoms with Crippen LogP contribution >= 0.6 is 0 Å². The molecular weight excluding hydrogens is 186 g/mol. The zero-order valence-corrected chi connectivity index (χ0v) is 8.90. The molecule has 0 N–H and O–H groups in total. The lowest BCUT2D eigenvalue weighted by molar-refractivity contribution is 0.415. The second kappa shape index (κ2) is 5.66. The fraction of sp³-hybridized carbons (Fsp3) is 0.154. The Morgan fingerprint density at radius 2 is 2.00 bits per heavy atom. The fourth-order valence-corrected chi connectivity index (χ4v) is 1.06. The summed E-state index contributed by atoms with van der Waals surface area (Å²) in [7, 11) is 1.64. The van der Waals surface area contributed by atoms with E-state index in [0.717, 1.165) is 11.3 Å². The standard InChI is InChI=1S/C13H13NO/c1-11(10-14)4-3-5-12-6-8-13(15-2)9-7-12/h3-9H,1-2H3/b5-3+,11-4-. The van der Waals surface area contributed by atoms with Crippen LogP contribution < -0.4 is 4.74 Å². The van der Waals surface area contributed by atoms with Crippen molar-refractivity contribution in [2.45, 2.75) is 6.92 Å². The van der Waals surface area contributed by atoms with Gasteiger partial charge in [0.1, 0.15) is 5.75 Å². The van der Waals surface area contributed by atoms with Gasteiger partial charge in [0.2, 0.25) is 0 Å². The van der Waals surface area contributed by atoms with Gasteiger partial charge in [-0.3, -0.25) is 0 Å². The van der Waals surface area contributed by atoms with E-state index >= 15 is 0 Å². The summed E-state index contributed by atoms with van der Waals surface area (Å²) in [5.41, 5.74) is 1.78. The topological polar surface area (TPSA) is 33.0 Å². The summed E-state index contributed by atoms with van der Waals surface area (Å²) in [4.78, 5) is 0. The van der Waals surface area contributed by atoms with Crippen molar-refractivity contribution in [3.05, 3.63) is 47.6 Å². The van der Waals surface area contributed by atoms with Crippen molar-refractivity contribution in [3.63, 3.8) is 0 Å². The maximum atomic E-state index is 8.53. The van der Waals surface area contributed by atoms with E-state index in [0.29, 0.717) is 5.57 Å². The van der Waals surface area contributed by atoms with E-state index < -0.39 is 0 Å². The number of allylic oxidation sites excluding steroid dienone is 3. The van der Waals surface area contributed by atoms with Crippen molar-refractivity contribution in [1.29, 1.82) is 5.26 Å². The van der Waals surface area contributed by atoms with Crippen molar-refractivity contribution >= 4 is 6.08 Å². The van der Waals surface area contributed by atoms with Gasteiger partial charge in [-0.05, 0) is 30.7 Å². The molecule has 0 radical (unpaired) electrons. The number of hydrogen-bond acceptors (Lipinski definition) is 2. The van der Waals surface area contributed by atoms with E-state index in [2.05, 4.69) is 6.07 Å². The van der Waals surface area contributed by atoms with E-state index in [4.69, 9.17) is 10.00 Å². The van der Waals surface area contributed by atoms with Crippen molar-refractivity contribution in [1.82, 2.24) is 0 Å². The molecule has 2 heteroatoms. The maximum Gasteiger partial charge on any atom is 0.118 e. The van der Waals surface area contributed by atoms with E-state index in [9.17, 15) is 0 Å². The molecule has 0 spiro atoms. The zero-order valence-electron chi connectivity index (χ0n) is 8.90. The summed E-state index contributed by atoms with van der Waals surface area (Å²) in [6.07, 6.45) is 5.59. The third-order valence-corrected chi connectivity index (χ3v) is 1.93. The fourth-order valence-electron chi connectivity index (χ4n) is 1.06. The Labute approximate surface area is 90.1 Å². The van der Waals surface area contributed by atoms with Gasteiger partial charge < -0.3 is 4.74 Å². The number of nitrogens with zero attached hydrogens (tertiary/aromatic N) is 1. The molecule has 0 heterocycles. The third-order valence-electron chi connectivity index (χ3n) is 1.93. The van der Waals surface area contributed by atoms with Gasteiger partial charge >= 0.3 is 0 Å². The molecule has 0 saturated heterocycles. The minimum atomic E-state index is 0.694. The van der Waals surface area contributed by atoms with Gasteiger partial charge in [-0.2, -0.15) is 5.26 Å². The Morgan fingerprint density at radius 1 is 1.33 bits per heavy atom. The van der Waals surface area contributed by atoms with Crippen LogP contribution in [0.25, 0.3) is 6.08 Å². The van der Waals surface area contributed by atoms with E-state index in [1.54, 1.807) is 20.1 Å². The zero-order chi connectivity index (χ0) is 11.1. The predicted molar refractivity (Wildman–Crippen MR) is 61.4 cm³/mol. The molecule has 0 fully saturated rings. The highest BCUT2D eigenvalue weighted by Gasteiger charge is 1.89. The van der Waals surface area contributed by atoms with Crippen LogP contribution in [0.3, 0.4) is 0 Å². The van der Waals surface area contributed by atoms with Gasteiger partial charge in [-0.1, -0.05) is 24.3 Å². The lowest BCUT2D eigenvalue weighted by atomic mass is 10.2. The number of hydrogen-bond donors (Lipinski definition) is 0. The molecule has 0 amide bonds. The Morgan fingerprint density at radius 3 is 2.53 bits per heavy atom. The van der Waals surface area contributed by atoms with Gasteiger partial charge in [0.05, 0.1) is 13.2 Å². The molecule has 15 heavy (non-hydrogen) atoms. The maximum absolute atomic E-state index is 8.53. The number of nitriles is 1. The molecule has 0 saturated carbocycles. The molecule has 1 aromatic rings. The van der Waals surface area contributed by atoms with E-state index in [1.165, 1.54) is 0 Å². The normalized spacial score (nSPS) is 11.4. The molecule has 1 aromatic carbocycles. The summed E-state index contributed by atoms with van der Waals surface area (Å²) < 4.78 is 5.05. The Kier molecular flexibility index (Phi) is 4.18. The lowest BCUT2D eigenvalue weighted by Crippen LogP contribution is -1.81. The molecule has 0 aliphatic rings. The van der Waals surface area contributed by atoms with Gasteiger partial charge in [-0.25, -0.2) is 0 Å². The molecule has 0 aromatic heterocycles. The van der Waals surface area contributed by atoms with Crippen LogP contribution in [0, 0.1) is 11.3 Å². The van der Waals surface area contributed by atoms with Crippen LogP contribution in [0.15, 0.2) is 42.0 Å². The molecule has 0 unspecified atom stereocenters. The molecule has 2 nitrogen and oxygen atoms in total. The lowest BCUT2D eigenvalue weighted by Gasteiger charge is -1.98. The first-order chi connectivity index (χ1) is 7.26. The molecule has 0 aliphatic heterocycles. The second-order valence-electron chi connectivity index (χ2n) is 3.09. The molecule has 0 atom stereocenters. The SMILES string of the molecule is COc1ccc(/C=C/C=C(/C)C#N)cc1. The summed E-state index contributed by atoms with van der Waals surface area (Å²) in [5.74, 6) is 0.843. The van der Waals surface area contributed by atoms with Crippen molar-refractivity contribution in [3.8, 4) is 11.8 Å². The van der Waals surface area contributed by atoms with Crippen molar-refractivity contribution in [2.75, 3.05) is 7.11 Å². The quantitative estimate of drug-likeness (QED) is 0.553. The second-order valence-corrected chi connectivity index (χ2v) is 3.09. The smallest absolute Gasteiger partial charge is 0.118 e. The largest absolute Gasteiger partial charge is 0.497 e. The third kappa shape index (κ3) is 3.70. The first-order valence-corrected chi connectivity index (χ1v) is 4.65. The average molecular weight is 199 g/mol. The first-order valence-electron chi connectivity index (χ1n) is 4.65. The van der Waals surface area contributed by atoms with E-state index in [1.807, 2.05) is 36.4 Å². The number of ether oxygens (including phenoxy) is 1. The van der Waals surface area contributed by atoms with Gasteiger partial charge in [-0.15, -0.1) is 0 Å². The average Bonchev–Trinajstić information content (AvgIpc) is 2.29. The predicted octanol–water partition coefficient (Wildman–Crippen LogP) is 3.18. The summed E-state index contributed by atoms with van der Waals surface area (Å²) >= 11 is 0. The van der Waals surface area contributed by atoms with Crippen LogP contribution in [-0.2, 0) is 0 Å². The number of benzene rings is 1. The summed E-state index contributed by atoms with van der Waals surface area (Å²) in [6, 6.07) is 9.79. The molecule has 76 valence electrons. The summed E-state index contributed by atoms with van der Waals surface area (Å²) in [6.45, 7) is 1.78. The molecule has 0 aliphatic carbocycles. The minimum absolute atomic E-state index is 0.694. The van der Waals surface area contributed by atoms with Crippen molar-refractivity contribution < 1.29 is 4.74 Å². The van der Waals surface area contributed by atoms with Gasteiger partial charge in [0.15, 0.2) is 0 Å². The molecule has 0 bridgehead atoms. The highest BCUT2D eigenvalue weighted by Crippen LogP contribution is 2.12. The first kappa shape index (κ1) is 11.1. The highest BCUT2D eigenvalue weighted by atomic mass is 16.5. The highest BCUT2D eigenvalue weighted by molar-refractivity contribution is 5.52. The molecule has 1 rings (SSSR count). The van der Waals surface area contributed by atoms with Crippen LogP contribution in [0.4, 0.5) is 0 Å². The number of methoxy groups -OCH3 is 1.